The monoisotopic (exact) mass is 346 g/mol. The van der Waals surface area contributed by atoms with Gasteiger partial charge in [0.25, 0.3) is 0 Å². The fourth-order valence-electron chi connectivity index (χ4n) is 4.20. The van der Waals surface area contributed by atoms with Crippen LogP contribution in [0, 0.1) is 5.41 Å². The number of carbonyl (C=O) groups excluding carboxylic acids is 1. The Hall–Kier alpha value is -1.95. The number of hydrogen-bond acceptors (Lipinski definition) is 4. The lowest BCUT2D eigenvalue weighted by Gasteiger charge is -2.46. The van der Waals surface area contributed by atoms with Crippen molar-refractivity contribution in [1.29, 1.82) is 0 Å². The summed E-state index contributed by atoms with van der Waals surface area (Å²) in [5, 5.41) is 12.4. The molecule has 136 valence electrons. The predicted octanol–water partition coefficient (Wildman–Crippen LogP) is 2.57. The molecule has 1 aromatic rings. The molecule has 2 N–H and O–H groups in total. The third-order valence-corrected chi connectivity index (χ3v) is 5.58. The summed E-state index contributed by atoms with van der Waals surface area (Å²) in [5.41, 5.74) is 0.724. The molecule has 2 heterocycles. The Morgan fingerprint density at radius 3 is 2.88 bits per heavy atom. The zero-order valence-corrected chi connectivity index (χ0v) is 14.5. The predicted molar refractivity (Wildman–Crippen MR) is 92.4 cm³/mol. The highest BCUT2D eigenvalue weighted by atomic mass is 16.5. The number of hydrogen-bond donors (Lipinski definition) is 2. The molecule has 1 saturated heterocycles. The number of aromatic carboxylic acids is 1. The first-order valence-electron chi connectivity index (χ1n) is 9.15. The molecule has 1 aliphatic heterocycles. The van der Waals surface area contributed by atoms with Gasteiger partial charge in [-0.15, -0.1) is 0 Å². The zero-order valence-electron chi connectivity index (χ0n) is 14.5. The lowest BCUT2D eigenvalue weighted by molar-refractivity contribution is -0.126. The first-order valence-corrected chi connectivity index (χ1v) is 9.15. The Balaban J connectivity index is 1.59. The molecule has 1 spiro atoms. The van der Waals surface area contributed by atoms with Gasteiger partial charge >= 0.3 is 5.97 Å². The summed E-state index contributed by atoms with van der Waals surface area (Å²) in [4.78, 5) is 27.6. The number of ether oxygens (including phenoxy) is 1. The van der Waals surface area contributed by atoms with Crippen molar-refractivity contribution in [3.8, 4) is 0 Å². The average molecular weight is 346 g/mol. The SMILES string of the molecule is O=C(CCc1cccnc1C(=O)O)NC1CCOCC12CCCCC2. The molecule has 0 radical (unpaired) electrons. The van der Waals surface area contributed by atoms with Crippen LogP contribution in [0.2, 0.25) is 0 Å². The summed E-state index contributed by atoms with van der Waals surface area (Å²) in [5.74, 6) is -1.07. The molecule has 1 saturated carbocycles. The van der Waals surface area contributed by atoms with Crippen LogP contribution in [-0.2, 0) is 16.0 Å². The summed E-state index contributed by atoms with van der Waals surface area (Å²) in [6.45, 7) is 1.43. The van der Waals surface area contributed by atoms with Crippen LogP contribution in [0.25, 0.3) is 0 Å². The third kappa shape index (κ3) is 4.18. The highest BCUT2D eigenvalue weighted by molar-refractivity contribution is 5.87. The van der Waals surface area contributed by atoms with E-state index in [9.17, 15) is 14.7 Å². The van der Waals surface area contributed by atoms with Gasteiger partial charge in [-0.3, -0.25) is 4.79 Å². The fraction of sp³-hybridized carbons (Fsp3) is 0.632. The van der Waals surface area contributed by atoms with Crippen molar-refractivity contribution in [1.82, 2.24) is 10.3 Å². The number of pyridine rings is 1. The van der Waals surface area contributed by atoms with E-state index in [1.807, 2.05) is 0 Å². The lowest BCUT2D eigenvalue weighted by atomic mass is 9.67. The number of rotatable bonds is 5. The standard InChI is InChI=1S/C19H26N2O4/c22-16(7-6-14-5-4-11-20-17(14)18(23)24)21-15-8-12-25-13-19(15)9-2-1-3-10-19/h4-5,11,15H,1-3,6-10,12-13H2,(H,21,22)(H,23,24). The molecule has 6 heteroatoms. The van der Waals surface area contributed by atoms with Crippen LogP contribution in [0.15, 0.2) is 18.3 Å². The maximum absolute atomic E-state index is 12.5. The fourth-order valence-corrected chi connectivity index (χ4v) is 4.20. The number of nitrogens with one attached hydrogen (secondary N) is 1. The van der Waals surface area contributed by atoms with E-state index in [2.05, 4.69) is 10.3 Å². The molecule has 1 aromatic heterocycles. The molecule has 25 heavy (non-hydrogen) atoms. The second kappa shape index (κ2) is 7.95. The maximum atomic E-state index is 12.5. The summed E-state index contributed by atoms with van der Waals surface area (Å²) >= 11 is 0. The first-order chi connectivity index (χ1) is 12.1. The third-order valence-electron chi connectivity index (χ3n) is 5.58. The average Bonchev–Trinajstić information content (AvgIpc) is 2.63. The summed E-state index contributed by atoms with van der Waals surface area (Å²) in [6, 6.07) is 3.59. The van der Waals surface area contributed by atoms with Crippen LogP contribution in [0.4, 0.5) is 0 Å². The van der Waals surface area contributed by atoms with Gasteiger partial charge in [-0.1, -0.05) is 25.3 Å². The van der Waals surface area contributed by atoms with E-state index in [-0.39, 0.29) is 29.5 Å². The van der Waals surface area contributed by atoms with E-state index in [4.69, 9.17) is 4.74 Å². The number of carbonyl (C=O) groups is 2. The van der Waals surface area contributed by atoms with Crippen LogP contribution in [0.5, 0.6) is 0 Å². The summed E-state index contributed by atoms with van der Waals surface area (Å²) in [7, 11) is 0. The van der Waals surface area contributed by atoms with Crippen LogP contribution >= 0.6 is 0 Å². The van der Waals surface area contributed by atoms with Gasteiger partial charge in [0.05, 0.1) is 6.61 Å². The van der Waals surface area contributed by atoms with E-state index in [0.29, 0.717) is 18.6 Å². The number of nitrogens with zero attached hydrogens (tertiary/aromatic N) is 1. The van der Waals surface area contributed by atoms with Crippen molar-refractivity contribution < 1.29 is 19.4 Å². The van der Waals surface area contributed by atoms with E-state index in [1.54, 1.807) is 12.1 Å². The van der Waals surface area contributed by atoms with Crippen molar-refractivity contribution >= 4 is 11.9 Å². The molecule has 0 aromatic carbocycles. The number of carboxylic acid groups (broad SMARTS) is 1. The second-order valence-electron chi connectivity index (χ2n) is 7.20. The maximum Gasteiger partial charge on any atom is 0.354 e. The smallest absolute Gasteiger partial charge is 0.354 e. The normalized spacial score (nSPS) is 22.5. The zero-order chi connectivity index (χ0) is 17.7. The first kappa shape index (κ1) is 17.9. The van der Waals surface area contributed by atoms with Gasteiger partial charge in [0.15, 0.2) is 5.69 Å². The van der Waals surface area contributed by atoms with Gasteiger partial charge in [-0.05, 0) is 37.3 Å². The van der Waals surface area contributed by atoms with E-state index in [1.165, 1.54) is 25.5 Å². The molecule has 1 amide bonds. The number of amides is 1. The second-order valence-corrected chi connectivity index (χ2v) is 7.20. The van der Waals surface area contributed by atoms with Crippen molar-refractivity contribution in [2.24, 2.45) is 5.41 Å². The quantitative estimate of drug-likeness (QED) is 0.855. The topological polar surface area (TPSA) is 88.5 Å². The van der Waals surface area contributed by atoms with Crippen LogP contribution in [0.1, 0.15) is 61.0 Å². The molecule has 1 aliphatic carbocycles. The minimum absolute atomic E-state index is 0.0166. The largest absolute Gasteiger partial charge is 0.477 e. The van der Waals surface area contributed by atoms with E-state index >= 15 is 0 Å². The van der Waals surface area contributed by atoms with Gasteiger partial charge in [0, 0.05) is 30.7 Å². The summed E-state index contributed by atoms with van der Waals surface area (Å²) < 4.78 is 5.72. The Morgan fingerprint density at radius 2 is 2.12 bits per heavy atom. The van der Waals surface area contributed by atoms with Gasteiger partial charge < -0.3 is 15.2 Å². The van der Waals surface area contributed by atoms with Crippen molar-refractivity contribution in [3.63, 3.8) is 0 Å². The Morgan fingerprint density at radius 1 is 1.32 bits per heavy atom. The van der Waals surface area contributed by atoms with E-state index < -0.39 is 5.97 Å². The Bertz CT molecular complexity index is 617. The van der Waals surface area contributed by atoms with Crippen LogP contribution in [0.3, 0.4) is 0 Å². The van der Waals surface area contributed by atoms with Gasteiger partial charge in [-0.25, -0.2) is 9.78 Å². The number of aryl methyl sites for hydroxylation is 1. The molecular weight excluding hydrogens is 320 g/mol. The molecule has 1 atom stereocenters. The van der Waals surface area contributed by atoms with Gasteiger partial charge in [0.2, 0.25) is 5.91 Å². The van der Waals surface area contributed by atoms with Gasteiger partial charge in [0.1, 0.15) is 0 Å². The van der Waals surface area contributed by atoms with Gasteiger partial charge in [-0.2, -0.15) is 0 Å². The highest BCUT2D eigenvalue weighted by Crippen LogP contribution is 2.42. The van der Waals surface area contributed by atoms with Crippen LogP contribution in [-0.4, -0.2) is 41.2 Å². The molecule has 6 nitrogen and oxygen atoms in total. The molecular formula is C19H26N2O4. The summed E-state index contributed by atoms with van der Waals surface area (Å²) in [6.07, 6.45) is 8.88. The van der Waals surface area contributed by atoms with Crippen molar-refractivity contribution in [2.45, 2.75) is 57.4 Å². The number of aromatic nitrogens is 1. The van der Waals surface area contributed by atoms with E-state index in [0.717, 1.165) is 25.9 Å². The minimum Gasteiger partial charge on any atom is -0.477 e. The van der Waals surface area contributed by atoms with Crippen molar-refractivity contribution in [3.05, 3.63) is 29.6 Å². The molecule has 2 aliphatic rings. The Labute approximate surface area is 148 Å². The molecule has 1 unspecified atom stereocenters. The molecule has 3 rings (SSSR count). The highest BCUT2D eigenvalue weighted by Gasteiger charge is 2.42. The minimum atomic E-state index is -1.05. The Kier molecular flexibility index (Phi) is 5.68. The lowest BCUT2D eigenvalue weighted by Crippen LogP contribution is -2.54. The molecule has 2 fully saturated rings. The van der Waals surface area contributed by atoms with Crippen LogP contribution < -0.4 is 5.32 Å². The molecule has 0 bridgehead atoms. The van der Waals surface area contributed by atoms with Crippen molar-refractivity contribution in [2.75, 3.05) is 13.2 Å². The number of carboxylic acids is 1.